The van der Waals surface area contributed by atoms with Gasteiger partial charge in [-0.05, 0) is 29.8 Å². The summed E-state index contributed by atoms with van der Waals surface area (Å²) in [5, 5.41) is 18.5. The van der Waals surface area contributed by atoms with Gasteiger partial charge in [0.05, 0.1) is 16.8 Å². The molecule has 2 aromatic rings. The number of benzene rings is 2. The Bertz CT molecular complexity index is 864. The number of rotatable bonds is 5. The van der Waals surface area contributed by atoms with E-state index in [0.717, 1.165) is 0 Å². The van der Waals surface area contributed by atoms with Crippen molar-refractivity contribution in [2.75, 3.05) is 6.61 Å². The molecule has 7 heteroatoms. The van der Waals surface area contributed by atoms with Gasteiger partial charge >= 0.3 is 5.97 Å². The Hall–Kier alpha value is -1.89. The van der Waals surface area contributed by atoms with Crippen molar-refractivity contribution in [3.63, 3.8) is 0 Å². The summed E-state index contributed by atoms with van der Waals surface area (Å²) >= 11 is 5.79. The van der Waals surface area contributed by atoms with Gasteiger partial charge in [-0.15, -0.1) is 0 Å². The van der Waals surface area contributed by atoms with Crippen LogP contribution >= 0.6 is 11.6 Å². The van der Waals surface area contributed by atoms with E-state index in [1.54, 1.807) is 30.3 Å². The van der Waals surface area contributed by atoms with E-state index < -0.39 is 39.0 Å². The fourth-order valence-electron chi connectivity index (χ4n) is 3.27. The van der Waals surface area contributed by atoms with Gasteiger partial charge in [0.2, 0.25) is 0 Å². The van der Waals surface area contributed by atoms with Gasteiger partial charge in [0, 0.05) is 10.9 Å². The summed E-state index contributed by atoms with van der Waals surface area (Å²) in [5.41, 5.74) is -1.16. The topological polar surface area (TPSA) is 91.7 Å². The van der Waals surface area contributed by atoms with Gasteiger partial charge in [-0.25, -0.2) is 8.42 Å². The predicted molar refractivity (Wildman–Crippen MR) is 88.8 cm³/mol. The van der Waals surface area contributed by atoms with Crippen LogP contribution in [0.15, 0.2) is 59.5 Å². The highest BCUT2D eigenvalue weighted by Crippen LogP contribution is 2.64. The molecule has 2 N–H and O–H groups in total. The van der Waals surface area contributed by atoms with Crippen LogP contribution in [-0.4, -0.2) is 36.5 Å². The summed E-state index contributed by atoms with van der Waals surface area (Å²) in [6, 6.07) is 14.1. The van der Waals surface area contributed by atoms with Crippen LogP contribution in [-0.2, 0) is 14.6 Å². The third-order valence-electron chi connectivity index (χ3n) is 4.55. The maximum absolute atomic E-state index is 13.0. The lowest BCUT2D eigenvalue weighted by atomic mass is 10.0. The molecule has 0 unspecified atom stereocenters. The second-order valence-electron chi connectivity index (χ2n) is 5.81. The molecule has 1 aliphatic carbocycles. The number of hydrogen-bond donors (Lipinski definition) is 2. The monoisotopic (exact) mass is 366 g/mol. The van der Waals surface area contributed by atoms with Gasteiger partial charge in [-0.3, -0.25) is 4.79 Å². The summed E-state index contributed by atoms with van der Waals surface area (Å²) in [4.78, 5) is 11.8. The minimum atomic E-state index is -3.94. The fourth-order valence-corrected chi connectivity index (χ4v) is 5.76. The highest BCUT2D eigenvalue weighted by atomic mass is 35.5. The lowest BCUT2D eigenvalue weighted by Gasteiger charge is -2.09. The summed E-state index contributed by atoms with van der Waals surface area (Å²) < 4.78 is 25.9. The van der Waals surface area contributed by atoms with Crippen LogP contribution in [0.4, 0.5) is 0 Å². The van der Waals surface area contributed by atoms with Crippen molar-refractivity contribution in [2.24, 2.45) is 5.41 Å². The molecule has 0 aromatic heterocycles. The van der Waals surface area contributed by atoms with Crippen LogP contribution < -0.4 is 0 Å². The summed E-state index contributed by atoms with van der Waals surface area (Å²) in [6.45, 7) is -0.751. The molecule has 2 aromatic carbocycles. The molecule has 3 atom stereocenters. The van der Waals surface area contributed by atoms with E-state index in [1.165, 1.54) is 24.3 Å². The Labute approximate surface area is 144 Å². The molecule has 5 nitrogen and oxygen atoms in total. The fraction of sp³-hybridized carbons (Fsp3) is 0.235. The SMILES string of the molecule is O=C(O)[C@]1(CO)[C@@H](c2ccccc2)[C@@H]1S(=O)(=O)c1ccc(Cl)cc1. The van der Waals surface area contributed by atoms with Gasteiger partial charge < -0.3 is 10.2 Å². The maximum Gasteiger partial charge on any atom is 0.314 e. The molecule has 1 saturated carbocycles. The standard InChI is InChI=1S/C17H15ClO5S/c18-12-6-8-13(9-7-12)24(22,23)15-14(11-4-2-1-3-5-11)17(15,10-19)16(20)21/h1-9,14-15,19H,10H2,(H,20,21)/t14-,15-,17+/m0/s1. The highest BCUT2D eigenvalue weighted by Gasteiger charge is 2.75. The van der Waals surface area contributed by atoms with Crippen molar-refractivity contribution in [3.05, 3.63) is 65.2 Å². The first kappa shape index (κ1) is 17.0. The number of aliphatic carboxylic acids is 1. The number of carboxylic acids is 1. The van der Waals surface area contributed by atoms with E-state index in [-0.39, 0.29) is 4.90 Å². The van der Waals surface area contributed by atoms with E-state index in [4.69, 9.17) is 11.6 Å². The minimum Gasteiger partial charge on any atom is -0.481 e. The quantitative estimate of drug-likeness (QED) is 0.847. The van der Waals surface area contributed by atoms with Gasteiger partial charge in [0.25, 0.3) is 0 Å². The number of halogens is 1. The van der Waals surface area contributed by atoms with E-state index in [9.17, 15) is 23.4 Å². The summed E-state index contributed by atoms with van der Waals surface area (Å²) in [6.07, 6.45) is 0. The third-order valence-corrected chi connectivity index (χ3v) is 7.09. The van der Waals surface area contributed by atoms with Crippen molar-refractivity contribution in [2.45, 2.75) is 16.1 Å². The Kier molecular flexibility index (Phi) is 4.15. The number of aliphatic hydroxyl groups excluding tert-OH is 1. The first-order valence-corrected chi connectivity index (χ1v) is 9.17. The Morgan fingerprint density at radius 2 is 1.67 bits per heavy atom. The number of sulfone groups is 1. The largest absolute Gasteiger partial charge is 0.481 e. The van der Waals surface area contributed by atoms with E-state index in [1.807, 2.05) is 0 Å². The second-order valence-corrected chi connectivity index (χ2v) is 8.32. The molecule has 0 bridgehead atoms. The molecular weight excluding hydrogens is 352 g/mol. The second kappa shape index (κ2) is 5.88. The Morgan fingerprint density at radius 1 is 1.08 bits per heavy atom. The van der Waals surface area contributed by atoms with Crippen molar-refractivity contribution in [1.82, 2.24) is 0 Å². The van der Waals surface area contributed by atoms with Crippen LogP contribution in [0.5, 0.6) is 0 Å². The average Bonchev–Trinajstić information content (AvgIpc) is 3.28. The molecule has 0 radical (unpaired) electrons. The molecule has 126 valence electrons. The normalized spacial score (nSPS) is 26.1. The first-order valence-electron chi connectivity index (χ1n) is 7.24. The van der Waals surface area contributed by atoms with Crippen LogP contribution in [0.2, 0.25) is 5.02 Å². The maximum atomic E-state index is 13.0. The zero-order chi connectivity index (χ0) is 17.5. The molecule has 24 heavy (non-hydrogen) atoms. The van der Waals surface area contributed by atoms with Gasteiger partial charge in [0.15, 0.2) is 9.84 Å². The summed E-state index contributed by atoms with van der Waals surface area (Å²) in [7, 11) is -3.94. The predicted octanol–water partition coefficient (Wildman–Crippen LogP) is 2.34. The molecule has 0 aliphatic heterocycles. The summed E-state index contributed by atoms with van der Waals surface area (Å²) in [5.74, 6) is -2.12. The molecule has 0 heterocycles. The van der Waals surface area contributed by atoms with Crippen molar-refractivity contribution >= 4 is 27.4 Å². The van der Waals surface area contributed by atoms with Crippen molar-refractivity contribution in [1.29, 1.82) is 0 Å². The molecule has 0 spiro atoms. The first-order chi connectivity index (χ1) is 11.4. The lowest BCUT2D eigenvalue weighted by molar-refractivity contribution is -0.145. The third kappa shape index (κ3) is 2.42. The smallest absolute Gasteiger partial charge is 0.314 e. The highest BCUT2D eigenvalue weighted by molar-refractivity contribution is 7.92. The number of aliphatic hydroxyl groups is 1. The zero-order valence-corrected chi connectivity index (χ0v) is 14.0. The molecular formula is C17H15ClO5S. The average molecular weight is 367 g/mol. The molecule has 3 rings (SSSR count). The molecule has 1 fully saturated rings. The number of carbonyl (C=O) groups is 1. The van der Waals surface area contributed by atoms with E-state index >= 15 is 0 Å². The molecule has 0 amide bonds. The van der Waals surface area contributed by atoms with Crippen LogP contribution in [0.25, 0.3) is 0 Å². The van der Waals surface area contributed by atoms with Crippen LogP contribution in [0.1, 0.15) is 11.5 Å². The van der Waals surface area contributed by atoms with E-state index in [2.05, 4.69) is 0 Å². The Balaban J connectivity index is 2.11. The molecule has 0 saturated heterocycles. The number of carboxylic acid groups (broad SMARTS) is 1. The zero-order valence-electron chi connectivity index (χ0n) is 12.5. The minimum absolute atomic E-state index is 0.00518. The lowest BCUT2D eigenvalue weighted by Crippen LogP contribution is -2.27. The van der Waals surface area contributed by atoms with Gasteiger partial charge in [0.1, 0.15) is 5.41 Å². The Morgan fingerprint density at radius 3 is 2.17 bits per heavy atom. The van der Waals surface area contributed by atoms with E-state index in [0.29, 0.717) is 10.6 Å². The number of hydrogen-bond acceptors (Lipinski definition) is 4. The van der Waals surface area contributed by atoms with Crippen molar-refractivity contribution in [3.8, 4) is 0 Å². The van der Waals surface area contributed by atoms with Gasteiger partial charge in [-0.2, -0.15) is 0 Å². The molecule has 1 aliphatic rings. The van der Waals surface area contributed by atoms with Crippen LogP contribution in [0, 0.1) is 5.41 Å². The van der Waals surface area contributed by atoms with Gasteiger partial charge in [-0.1, -0.05) is 41.9 Å². The van der Waals surface area contributed by atoms with Crippen LogP contribution in [0.3, 0.4) is 0 Å². The van der Waals surface area contributed by atoms with Crippen molar-refractivity contribution < 1.29 is 23.4 Å².